The van der Waals surface area contributed by atoms with Crippen LogP contribution in [0.15, 0.2) is 41.5 Å². The topological polar surface area (TPSA) is 95.7 Å². The van der Waals surface area contributed by atoms with Crippen LogP contribution in [0.2, 0.25) is 0 Å². The monoisotopic (exact) mass is 517 g/mol. The van der Waals surface area contributed by atoms with Crippen molar-refractivity contribution in [2.24, 2.45) is 23.0 Å². The summed E-state index contributed by atoms with van der Waals surface area (Å²) in [5.74, 6) is -2.52. The van der Waals surface area contributed by atoms with Crippen LogP contribution in [0.4, 0.5) is 8.78 Å². The number of benzene rings is 1. The van der Waals surface area contributed by atoms with Crippen molar-refractivity contribution in [1.82, 2.24) is 10.2 Å². The summed E-state index contributed by atoms with van der Waals surface area (Å²) in [6.45, 7) is 7.94. The van der Waals surface area contributed by atoms with Gasteiger partial charge in [-0.3, -0.25) is 9.59 Å². The van der Waals surface area contributed by atoms with Gasteiger partial charge in [0.2, 0.25) is 11.8 Å². The fourth-order valence-electron chi connectivity index (χ4n) is 5.46. The molecule has 0 saturated heterocycles. The van der Waals surface area contributed by atoms with Gasteiger partial charge in [0.15, 0.2) is 0 Å². The van der Waals surface area contributed by atoms with E-state index in [0.717, 1.165) is 38.3 Å². The van der Waals surface area contributed by atoms with Crippen LogP contribution in [0, 0.1) is 28.9 Å². The van der Waals surface area contributed by atoms with Crippen molar-refractivity contribution >= 4 is 11.8 Å². The molecule has 6 nitrogen and oxygen atoms in total. The number of rotatable bonds is 14. The Bertz CT molecular complexity index is 1010. The molecule has 3 rings (SSSR count). The summed E-state index contributed by atoms with van der Waals surface area (Å²) in [5.41, 5.74) is 6.10. The zero-order chi connectivity index (χ0) is 27.2. The highest BCUT2D eigenvalue weighted by Gasteiger charge is 2.48. The maximum absolute atomic E-state index is 14.1. The van der Waals surface area contributed by atoms with E-state index >= 15 is 0 Å². The summed E-state index contributed by atoms with van der Waals surface area (Å²) in [5, 5.41) is 14.7. The Balaban J connectivity index is 1.98. The Morgan fingerprint density at radius 1 is 1.16 bits per heavy atom. The number of allylic oxidation sites excluding steroid dienone is 2. The van der Waals surface area contributed by atoms with E-state index in [2.05, 4.69) is 5.32 Å². The number of nitrogens with one attached hydrogen (secondary N) is 1. The molecule has 8 heteroatoms. The SMILES string of the molecule is CCCN(CCC)C(=O)C1=CC(C)=CC(C(N)=O)([C@H](Cc2cc(F)cc(F)c2)[C@@H](O)CNCC2CC2)C1. The molecule has 0 bridgehead atoms. The normalized spacial score (nSPS) is 21.1. The molecule has 204 valence electrons. The summed E-state index contributed by atoms with van der Waals surface area (Å²) in [7, 11) is 0. The van der Waals surface area contributed by atoms with Gasteiger partial charge in [0.25, 0.3) is 0 Å². The lowest BCUT2D eigenvalue weighted by molar-refractivity contribution is -0.132. The minimum atomic E-state index is -1.41. The summed E-state index contributed by atoms with van der Waals surface area (Å²) in [4.78, 5) is 28.5. The molecular weight excluding hydrogens is 476 g/mol. The van der Waals surface area contributed by atoms with Crippen molar-refractivity contribution in [3.05, 3.63) is 58.7 Å². The first kappa shape index (κ1) is 29.0. The number of aliphatic hydroxyl groups excluding tert-OH is 1. The molecule has 1 aromatic carbocycles. The lowest BCUT2D eigenvalue weighted by Crippen LogP contribution is -2.52. The van der Waals surface area contributed by atoms with Crippen molar-refractivity contribution in [1.29, 1.82) is 0 Å². The molecule has 3 atom stereocenters. The van der Waals surface area contributed by atoms with Crippen LogP contribution in [0.5, 0.6) is 0 Å². The zero-order valence-corrected chi connectivity index (χ0v) is 22.2. The molecule has 0 radical (unpaired) electrons. The molecule has 2 amide bonds. The number of nitrogens with zero attached hydrogens (tertiary/aromatic N) is 1. The molecule has 2 aliphatic carbocycles. The first-order chi connectivity index (χ1) is 17.6. The van der Waals surface area contributed by atoms with Gasteiger partial charge < -0.3 is 21.1 Å². The average Bonchev–Trinajstić information content (AvgIpc) is 3.65. The summed E-state index contributed by atoms with van der Waals surface area (Å²) < 4.78 is 28.1. The zero-order valence-electron chi connectivity index (χ0n) is 22.2. The van der Waals surface area contributed by atoms with Crippen LogP contribution in [0.1, 0.15) is 58.4 Å². The maximum atomic E-state index is 14.1. The van der Waals surface area contributed by atoms with Gasteiger partial charge in [-0.1, -0.05) is 31.6 Å². The second-order valence-electron chi connectivity index (χ2n) is 10.7. The minimum Gasteiger partial charge on any atom is -0.391 e. The number of hydrogen-bond acceptors (Lipinski definition) is 4. The Hall–Kier alpha value is -2.58. The number of hydrogen-bond donors (Lipinski definition) is 3. The molecule has 1 fully saturated rings. The van der Waals surface area contributed by atoms with Crippen LogP contribution in [0.3, 0.4) is 0 Å². The van der Waals surface area contributed by atoms with Gasteiger partial charge in [0.1, 0.15) is 11.6 Å². The summed E-state index contributed by atoms with van der Waals surface area (Å²) in [6, 6.07) is 3.21. The number of nitrogens with two attached hydrogens (primary N) is 1. The molecule has 1 aromatic rings. The number of carbonyl (C=O) groups excluding carboxylic acids is 2. The standard InChI is InChI=1S/C29H41F2N3O3/c1-4-8-34(9-5-2)27(36)22-10-19(3)15-29(16-22,28(32)37)25(26(35)18-33-17-20-6-7-20)13-21-11-23(30)14-24(31)12-21/h10-12,14-15,20,25-26,33,35H,4-9,13,16-18H2,1-3H3,(H2,32,37)/t25-,26+,29?/m1/s1. The predicted molar refractivity (Wildman–Crippen MR) is 140 cm³/mol. The van der Waals surface area contributed by atoms with E-state index in [4.69, 9.17) is 5.73 Å². The van der Waals surface area contributed by atoms with Gasteiger partial charge in [-0.05, 0) is 75.6 Å². The quantitative estimate of drug-likeness (QED) is 0.349. The third-order valence-electron chi connectivity index (χ3n) is 7.37. The Labute approximate surface area is 219 Å². The molecule has 37 heavy (non-hydrogen) atoms. The third-order valence-corrected chi connectivity index (χ3v) is 7.37. The lowest BCUT2D eigenvalue weighted by Gasteiger charge is -2.42. The maximum Gasteiger partial charge on any atom is 0.249 e. The van der Waals surface area contributed by atoms with Gasteiger partial charge in [-0.15, -0.1) is 0 Å². The highest BCUT2D eigenvalue weighted by molar-refractivity contribution is 5.96. The number of halogens is 2. The van der Waals surface area contributed by atoms with E-state index in [9.17, 15) is 23.5 Å². The Morgan fingerprint density at radius 2 is 1.78 bits per heavy atom. The molecule has 0 heterocycles. The molecule has 0 spiro atoms. The molecule has 1 saturated carbocycles. The van der Waals surface area contributed by atoms with E-state index in [1.807, 2.05) is 13.8 Å². The second-order valence-corrected chi connectivity index (χ2v) is 10.7. The van der Waals surface area contributed by atoms with E-state index in [0.29, 0.717) is 35.7 Å². The van der Waals surface area contributed by atoms with Crippen LogP contribution < -0.4 is 11.1 Å². The molecule has 1 unspecified atom stereocenters. The largest absolute Gasteiger partial charge is 0.391 e. The van der Waals surface area contributed by atoms with Crippen molar-refractivity contribution in [2.45, 2.75) is 65.4 Å². The smallest absolute Gasteiger partial charge is 0.249 e. The third kappa shape index (κ3) is 7.48. The Kier molecular flexibility index (Phi) is 10.0. The van der Waals surface area contributed by atoms with Gasteiger partial charge >= 0.3 is 0 Å². The lowest BCUT2D eigenvalue weighted by atomic mass is 9.63. The molecular formula is C29H41F2N3O3. The molecule has 4 N–H and O–H groups in total. The van der Waals surface area contributed by atoms with E-state index in [1.54, 1.807) is 24.0 Å². The van der Waals surface area contributed by atoms with Crippen LogP contribution in [-0.4, -0.2) is 54.1 Å². The van der Waals surface area contributed by atoms with Gasteiger partial charge in [-0.2, -0.15) is 0 Å². The molecule has 2 aliphatic rings. The first-order valence-corrected chi connectivity index (χ1v) is 13.4. The summed E-state index contributed by atoms with van der Waals surface area (Å²) in [6.07, 6.45) is 6.38. The fraction of sp³-hybridized carbons (Fsp3) is 0.586. The van der Waals surface area contributed by atoms with Crippen LogP contribution >= 0.6 is 0 Å². The average molecular weight is 518 g/mol. The number of amides is 2. The fourth-order valence-corrected chi connectivity index (χ4v) is 5.46. The van der Waals surface area contributed by atoms with Crippen LogP contribution in [0.25, 0.3) is 0 Å². The van der Waals surface area contributed by atoms with Gasteiger partial charge in [0.05, 0.1) is 11.5 Å². The van der Waals surface area contributed by atoms with E-state index in [1.165, 1.54) is 12.1 Å². The van der Waals surface area contributed by atoms with E-state index < -0.39 is 35.0 Å². The minimum absolute atomic E-state index is 0.0166. The van der Waals surface area contributed by atoms with Crippen molar-refractivity contribution < 1.29 is 23.5 Å². The van der Waals surface area contributed by atoms with Crippen LogP contribution in [-0.2, 0) is 16.0 Å². The molecule has 0 aliphatic heterocycles. The highest BCUT2D eigenvalue weighted by atomic mass is 19.1. The molecule has 0 aromatic heterocycles. The van der Waals surface area contributed by atoms with Gasteiger partial charge in [-0.25, -0.2) is 8.78 Å². The highest BCUT2D eigenvalue weighted by Crippen LogP contribution is 2.44. The number of primary amides is 1. The number of aliphatic hydroxyl groups is 1. The summed E-state index contributed by atoms with van der Waals surface area (Å²) >= 11 is 0. The second kappa shape index (κ2) is 12.8. The van der Waals surface area contributed by atoms with Crippen molar-refractivity contribution in [2.75, 3.05) is 26.2 Å². The van der Waals surface area contributed by atoms with Crippen molar-refractivity contribution in [3.8, 4) is 0 Å². The van der Waals surface area contributed by atoms with Crippen molar-refractivity contribution in [3.63, 3.8) is 0 Å². The van der Waals surface area contributed by atoms with E-state index in [-0.39, 0.29) is 25.3 Å². The first-order valence-electron chi connectivity index (χ1n) is 13.4. The number of carbonyl (C=O) groups is 2. The Morgan fingerprint density at radius 3 is 2.32 bits per heavy atom. The predicted octanol–water partition coefficient (Wildman–Crippen LogP) is 3.88. The van der Waals surface area contributed by atoms with Gasteiger partial charge in [0, 0.05) is 37.2 Å².